The average Bonchev–Trinajstić information content (AvgIpc) is 2.84. The van der Waals surface area contributed by atoms with Crippen LogP contribution in [-0.4, -0.2) is 50.1 Å². The van der Waals surface area contributed by atoms with Gasteiger partial charge in [0.05, 0.1) is 31.9 Å². The zero-order chi connectivity index (χ0) is 25.5. The second-order valence-electron chi connectivity index (χ2n) is 9.14. The molecule has 1 aliphatic heterocycles. The summed E-state index contributed by atoms with van der Waals surface area (Å²) in [6, 6.07) is 11.7. The van der Waals surface area contributed by atoms with Crippen LogP contribution >= 0.6 is 0 Å². The normalized spacial score (nSPS) is 22.5. The lowest BCUT2D eigenvalue weighted by Crippen LogP contribution is -2.51. The standard InChI is InChI=1S/C28H36N2O5/c1-18(2)26-27(31)29-23(21-16-15-20(33-5)17-25(21)34-6)13-9-7-11-19(3)35-24-14-10-8-12-22(24)28(32)30(26)4/h7-10,12,14-19,23,26H,11,13H2,1-6H3,(H,29,31)/b9-7-/t19-,23-,26+/m0/s1. The van der Waals surface area contributed by atoms with Crippen LogP contribution in [0, 0.1) is 5.92 Å². The molecule has 0 radical (unpaired) electrons. The monoisotopic (exact) mass is 480 g/mol. The van der Waals surface area contributed by atoms with Crippen molar-refractivity contribution >= 4 is 11.8 Å². The summed E-state index contributed by atoms with van der Waals surface area (Å²) >= 11 is 0. The molecule has 1 N–H and O–H groups in total. The Labute approximate surface area is 208 Å². The number of fused-ring (bicyclic) bond motifs is 1. The summed E-state index contributed by atoms with van der Waals surface area (Å²) in [6.45, 7) is 5.85. The van der Waals surface area contributed by atoms with E-state index >= 15 is 0 Å². The number of para-hydroxylation sites is 1. The van der Waals surface area contributed by atoms with Crippen molar-refractivity contribution in [3.8, 4) is 17.2 Å². The van der Waals surface area contributed by atoms with Crippen molar-refractivity contribution in [2.45, 2.75) is 51.8 Å². The quantitative estimate of drug-likeness (QED) is 0.638. The number of likely N-dealkylation sites (N-methyl/N-ethyl adjacent to an activating group) is 1. The first-order chi connectivity index (χ1) is 16.8. The third kappa shape index (κ3) is 6.15. The van der Waals surface area contributed by atoms with E-state index in [0.29, 0.717) is 35.7 Å². The fourth-order valence-electron chi connectivity index (χ4n) is 4.40. The van der Waals surface area contributed by atoms with Crippen LogP contribution in [0.4, 0.5) is 0 Å². The topological polar surface area (TPSA) is 77.1 Å². The molecular weight excluding hydrogens is 444 g/mol. The maximum Gasteiger partial charge on any atom is 0.258 e. The third-order valence-electron chi connectivity index (χ3n) is 6.22. The maximum absolute atomic E-state index is 13.6. The van der Waals surface area contributed by atoms with Crippen molar-refractivity contribution in [1.29, 1.82) is 0 Å². The molecule has 0 saturated carbocycles. The molecule has 0 aromatic heterocycles. The van der Waals surface area contributed by atoms with Gasteiger partial charge in [-0.05, 0) is 43.5 Å². The van der Waals surface area contributed by atoms with E-state index in [0.717, 1.165) is 5.56 Å². The van der Waals surface area contributed by atoms with Crippen molar-refractivity contribution in [3.63, 3.8) is 0 Å². The highest BCUT2D eigenvalue weighted by atomic mass is 16.5. The van der Waals surface area contributed by atoms with E-state index in [2.05, 4.69) is 5.32 Å². The molecule has 0 fully saturated rings. The van der Waals surface area contributed by atoms with Gasteiger partial charge in [0.1, 0.15) is 23.3 Å². The number of carbonyl (C=O) groups excluding carboxylic acids is 2. The molecule has 188 valence electrons. The molecule has 0 spiro atoms. The van der Waals surface area contributed by atoms with Gasteiger partial charge >= 0.3 is 0 Å². The summed E-state index contributed by atoms with van der Waals surface area (Å²) in [4.78, 5) is 28.7. The molecule has 35 heavy (non-hydrogen) atoms. The van der Waals surface area contributed by atoms with Gasteiger partial charge in [0.25, 0.3) is 5.91 Å². The first-order valence-electron chi connectivity index (χ1n) is 12.0. The predicted molar refractivity (Wildman–Crippen MR) is 136 cm³/mol. The Morgan fingerprint density at radius 1 is 1.03 bits per heavy atom. The molecule has 3 rings (SSSR count). The molecule has 2 aromatic carbocycles. The summed E-state index contributed by atoms with van der Waals surface area (Å²) in [5.41, 5.74) is 1.28. The Kier molecular flexibility index (Phi) is 8.79. The van der Waals surface area contributed by atoms with Gasteiger partial charge < -0.3 is 24.4 Å². The molecule has 0 aliphatic carbocycles. The van der Waals surface area contributed by atoms with Crippen LogP contribution in [-0.2, 0) is 4.79 Å². The van der Waals surface area contributed by atoms with Crippen LogP contribution in [0.2, 0.25) is 0 Å². The zero-order valence-electron chi connectivity index (χ0n) is 21.4. The van der Waals surface area contributed by atoms with Gasteiger partial charge in [-0.1, -0.05) is 38.1 Å². The molecule has 3 atom stereocenters. The summed E-state index contributed by atoms with van der Waals surface area (Å²) < 4.78 is 17.1. The number of hydrogen-bond acceptors (Lipinski definition) is 5. The largest absolute Gasteiger partial charge is 0.497 e. The Balaban J connectivity index is 2.04. The minimum atomic E-state index is -0.674. The molecule has 2 aromatic rings. The Morgan fingerprint density at radius 2 is 1.74 bits per heavy atom. The molecule has 0 unspecified atom stereocenters. The zero-order valence-corrected chi connectivity index (χ0v) is 21.4. The first-order valence-corrected chi connectivity index (χ1v) is 12.0. The summed E-state index contributed by atoms with van der Waals surface area (Å²) in [6.07, 6.45) is 5.18. The molecule has 7 heteroatoms. The number of benzene rings is 2. The van der Waals surface area contributed by atoms with E-state index in [-0.39, 0.29) is 29.9 Å². The Morgan fingerprint density at radius 3 is 2.43 bits per heavy atom. The highest BCUT2D eigenvalue weighted by molar-refractivity contribution is 5.99. The Bertz CT molecular complexity index is 1070. The average molecular weight is 481 g/mol. The predicted octanol–water partition coefficient (Wildman–Crippen LogP) is 4.78. The molecule has 7 nitrogen and oxygen atoms in total. The fraction of sp³-hybridized carbons (Fsp3) is 0.429. The summed E-state index contributed by atoms with van der Waals surface area (Å²) in [5, 5.41) is 3.18. The van der Waals surface area contributed by atoms with Crippen LogP contribution in [0.5, 0.6) is 17.2 Å². The van der Waals surface area contributed by atoms with Gasteiger partial charge in [0.15, 0.2) is 0 Å². The van der Waals surface area contributed by atoms with Crippen LogP contribution in [0.25, 0.3) is 0 Å². The van der Waals surface area contributed by atoms with Crippen LogP contribution in [0.15, 0.2) is 54.6 Å². The van der Waals surface area contributed by atoms with Gasteiger partial charge in [-0.3, -0.25) is 9.59 Å². The van der Waals surface area contributed by atoms with Crippen LogP contribution in [0.3, 0.4) is 0 Å². The van der Waals surface area contributed by atoms with E-state index < -0.39 is 6.04 Å². The number of amides is 2. The highest BCUT2D eigenvalue weighted by Gasteiger charge is 2.33. The van der Waals surface area contributed by atoms with Crippen molar-refractivity contribution in [2.24, 2.45) is 5.92 Å². The summed E-state index contributed by atoms with van der Waals surface area (Å²) in [5.74, 6) is 1.22. The van der Waals surface area contributed by atoms with Crippen molar-refractivity contribution in [3.05, 3.63) is 65.7 Å². The van der Waals surface area contributed by atoms with Gasteiger partial charge in [0, 0.05) is 25.1 Å². The first kappa shape index (κ1) is 26.1. The molecule has 1 heterocycles. The second-order valence-corrected chi connectivity index (χ2v) is 9.14. The lowest BCUT2D eigenvalue weighted by Gasteiger charge is -2.32. The number of carbonyl (C=O) groups is 2. The molecule has 0 saturated heterocycles. The SMILES string of the molecule is COc1ccc([C@@H]2C/C=C\C[C@H](C)Oc3ccccc3C(=O)N(C)[C@H](C(C)C)C(=O)N2)c(OC)c1. The van der Waals surface area contributed by atoms with Gasteiger partial charge in [0.2, 0.25) is 5.91 Å². The van der Waals surface area contributed by atoms with Crippen molar-refractivity contribution in [1.82, 2.24) is 10.2 Å². The fourth-order valence-corrected chi connectivity index (χ4v) is 4.40. The lowest BCUT2D eigenvalue weighted by molar-refractivity contribution is -0.127. The number of ether oxygens (including phenoxy) is 3. The number of rotatable bonds is 4. The van der Waals surface area contributed by atoms with E-state index in [9.17, 15) is 9.59 Å². The van der Waals surface area contributed by atoms with Crippen molar-refractivity contribution in [2.75, 3.05) is 21.3 Å². The van der Waals surface area contributed by atoms with Gasteiger partial charge in [-0.15, -0.1) is 0 Å². The third-order valence-corrected chi connectivity index (χ3v) is 6.22. The second kappa shape index (κ2) is 11.8. The molecule has 0 bridgehead atoms. The van der Waals surface area contributed by atoms with Gasteiger partial charge in [-0.2, -0.15) is 0 Å². The van der Waals surface area contributed by atoms with E-state index in [4.69, 9.17) is 14.2 Å². The van der Waals surface area contributed by atoms with Crippen molar-refractivity contribution < 1.29 is 23.8 Å². The number of nitrogens with one attached hydrogen (secondary N) is 1. The van der Waals surface area contributed by atoms with E-state index in [1.165, 1.54) is 4.90 Å². The van der Waals surface area contributed by atoms with E-state index in [1.54, 1.807) is 45.5 Å². The maximum atomic E-state index is 13.6. The minimum absolute atomic E-state index is 0.113. The lowest BCUT2D eigenvalue weighted by atomic mass is 9.97. The smallest absolute Gasteiger partial charge is 0.258 e. The molecular formula is C28H36N2O5. The molecule has 1 aliphatic rings. The van der Waals surface area contributed by atoms with Crippen LogP contribution in [0.1, 0.15) is 55.6 Å². The highest BCUT2D eigenvalue weighted by Crippen LogP contribution is 2.32. The van der Waals surface area contributed by atoms with E-state index in [1.807, 2.05) is 51.1 Å². The van der Waals surface area contributed by atoms with Gasteiger partial charge in [-0.25, -0.2) is 0 Å². The van der Waals surface area contributed by atoms with Crippen LogP contribution < -0.4 is 19.5 Å². The number of hydrogen-bond donors (Lipinski definition) is 1. The number of methoxy groups -OCH3 is 2. The Hall–Kier alpha value is -3.48. The summed E-state index contributed by atoms with van der Waals surface area (Å²) in [7, 11) is 4.86. The number of nitrogens with zero attached hydrogens (tertiary/aromatic N) is 1. The molecule has 2 amide bonds. The minimum Gasteiger partial charge on any atom is -0.497 e.